The van der Waals surface area contributed by atoms with Crippen molar-refractivity contribution in [3.8, 4) is 11.5 Å². The first-order chi connectivity index (χ1) is 9.99. The van der Waals surface area contributed by atoms with Crippen molar-refractivity contribution >= 4 is 0 Å². The summed E-state index contributed by atoms with van der Waals surface area (Å²) in [6.45, 7) is 2.09. The second kappa shape index (κ2) is 6.54. The van der Waals surface area contributed by atoms with Gasteiger partial charge in [-0.25, -0.2) is 8.78 Å². The predicted octanol–water partition coefficient (Wildman–Crippen LogP) is 3.10. The summed E-state index contributed by atoms with van der Waals surface area (Å²) in [7, 11) is 0. The number of rotatable bonds is 5. The van der Waals surface area contributed by atoms with E-state index in [1.54, 1.807) is 19.1 Å². The van der Waals surface area contributed by atoms with Gasteiger partial charge in [-0.3, -0.25) is 0 Å². The molecule has 3 N–H and O–H groups in total. The molecule has 5 heteroatoms. The molecule has 3 nitrogen and oxygen atoms in total. The van der Waals surface area contributed by atoms with Crippen molar-refractivity contribution in [1.29, 1.82) is 0 Å². The molecule has 2 aromatic rings. The Kier molecular flexibility index (Phi) is 4.75. The van der Waals surface area contributed by atoms with Crippen LogP contribution in [0.1, 0.15) is 18.1 Å². The summed E-state index contributed by atoms with van der Waals surface area (Å²) in [4.78, 5) is 0. The van der Waals surface area contributed by atoms with Gasteiger partial charge in [0.1, 0.15) is 11.6 Å². The van der Waals surface area contributed by atoms with Gasteiger partial charge in [0.15, 0.2) is 11.5 Å². The van der Waals surface area contributed by atoms with E-state index in [2.05, 4.69) is 5.32 Å². The van der Waals surface area contributed by atoms with Gasteiger partial charge in [0.25, 0.3) is 0 Å². The van der Waals surface area contributed by atoms with Crippen LogP contribution in [0.2, 0.25) is 0 Å². The Bertz CT molecular complexity index is 611. The zero-order chi connectivity index (χ0) is 15.4. The van der Waals surface area contributed by atoms with Crippen molar-refractivity contribution in [2.75, 3.05) is 0 Å². The van der Waals surface area contributed by atoms with Crippen molar-refractivity contribution in [3.05, 3.63) is 59.2 Å². The van der Waals surface area contributed by atoms with E-state index in [9.17, 15) is 19.0 Å². The molecule has 0 aliphatic carbocycles. The van der Waals surface area contributed by atoms with Gasteiger partial charge in [-0.15, -0.1) is 0 Å². The van der Waals surface area contributed by atoms with Gasteiger partial charge in [-0.05, 0) is 31.5 Å². The summed E-state index contributed by atoms with van der Waals surface area (Å²) in [5, 5.41) is 22.1. The van der Waals surface area contributed by atoms with Crippen LogP contribution in [0, 0.1) is 11.6 Å². The highest BCUT2D eigenvalue weighted by Gasteiger charge is 2.13. The van der Waals surface area contributed by atoms with E-state index in [1.807, 2.05) is 0 Å². The fraction of sp³-hybridized carbons (Fsp3) is 0.250. The molecule has 112 valence electrons. The molecule has 1 unspecified atom stereocenters. The third kappa shape index (κ3) is 3.70. The van der Waals surface area contributed by atoms with Crippen molar-refractivity contribution in [3.63, 3.8) is 0 Å². The molecule has 2 rings (SSSR count). The van der Waals surface area contributed by atoms with Crippen molar-refractivity contribution in [2.45, 2.75) is 25.9 Å². The maximum Gasteiger partial charge on any atom is 0.161 e. The summed E-state index contributed by atoms with van der Waals surface area (Å²) in [5.41, 5.74) is 0.563. The third-order valence-electron chi connectivity index (χ3n) is 3.31. The fourth-order valence-corrected chi connectivity index (χ4v) is 2.11. The minimum absolute atomic E-state index is 0.0395. The zero-order valence-corrected chi connectivity index (χ0v) is 11.6. The van der Waals surface area contributed by atoms with Crippen LogP contribution < -0.4 is 5.32 Å². The molecule has 2 aromatic carbocycles. The van der Waals surface area contributed by atoms with Crippen LogP contribution in [0.5, 0.6) is 11.5 Å². The van der Waals surface area contributed by atoms with Crippen molar-refractivity contribution in [1.82, 2.24) is 5.32 Å². The van der Waals surface area contributed by atoms with Gasteiger partial charge >= 0.3 is 0 Å². The van der Waals surface area contributed by atoms with E-state index in [0.29, 0.717) is 5.56 Å². The Morgan fingerprint density at radius 3 is 2.33 bits per heavy atom. The number of aromatic hydroxyl groups is 2. The third-order valence-corrected chi connectivity index (χ3v) is 3.31. The lowest BCUT2D eigenvalue weighted by Crippen LogP contribution is -2.28. The lowest BCUT2D eigenvalue weighted by Gasteiger charge is -2.15. The van der Waals surface area contributed by atoms with Crippen LogP contribution in [0.4, 0.5) is 8.78 Å². The van der Waals surface area contributed by atoms with Gasteiger partial charge in [0.05, 0.1) is 0 Å². The van der Waals surface area contributed by atoms with Crippen LogP contribution in [0.15, 0.2) is 36.4 Å². The SMILES string of the molecule is CC(Cc1c(F)cccc1F)NCc1cccc(O)c1O. The van der Waals surface area contributed by atoms with Crippen LogP contribution in [-0.4, -0.2) is 16.3 Å². The number of phenols is 2. The first-order valence-corrected chi connectivity index (χ1v) is 6.65. The maximum absolute atomic E-state index is 13.6. The molecule has 0 heterocycles. The summed E-state index contributed by atoms with van der Waals surface area (Å²) in [5.74, 6) is -1.51. The number of para-hydroxylation sites is 1. The van der Waals surface area contributed by atoms with E-state index >= 15 is 0 Å². The number of halogens is 2. The smallest absolute Gasteiger partial charge is 0.161 e. The van der Waals surface area contributed by atoms with Gasteiger partial charge in [-0.1, -0.05) is 18.2 Å². The standard InChI is InChI=1S/C16H17F2NO2/c1-10(8-12-13(17)5-3-6-14(12)18)19-9-11-4-2-7-15(20)16(11)21/h2-7,10,19-21H,8-9H2,1H3. The lowest BCUT2D eigenvalue weighted by molar-refractivity contribution is 0.395. The molecule has 0 amide bonds. The molecule has 0 spiro atoms. The molecule has 0 saturated heterocycles. The quantitative estimate of drug-likeness (QED) is 0.743. The highest BCUT2D eigenvalue weighted by atomic mass is 19.1. The van der Waals surface area contributed by atoms with E-state index < -0.39 is 11.6 Å². The van der Waals surface area contributed by atoms with Crippen LogP contribution in [0.25, 0.3) is 0 Å². The van der Waals surface area contributed by atoms with Gasteiger partial charge < -0.3 is 15.5 Å². The molecule has 0 aromatic heterocycles. The Balaban J connectivity index is 1.99. The van der Waals surface area contributed by atoms with Crippen LogP contribution >= 0.6 is 0 Å². The van der Waals surface area contributed by atoms with Gasteiger partial charge in [0.2, 0.25) is 0 Å². The molecule has 21 heavy (non-hydrogen) atoms. The van der Waals surface area contributed by atoms with Gasteiger partial charge in [-0.2, -0.15) is 0 Å². The molecule has 0 fully saturated rings. The first-order valence-electron chi connectivity index (χ1n) is 6.65. The minimum Gasteiger partial charge on any atom is -0.504 e. The maximum atomic E-state index is 13.6. The summed E-state index contributed by atoms with van der Waals surface area (Å²) < 4.78 is 27.1. The van der Waals surface area contributed by atoms with Crippen LogP contribution in [-0.2, 0) is 13.0 Å². The fourth-order valence-electron chi connectivity index (χ4n) is 2.11. The highest BCUT2D eigenvalue weighted by Crippen LogP contribution is 2.28. The normalized spacial score (nSPS) is 12.3. The first kappa shape index (κ1) is 15.3. The summed E-state index contributed by atoms with van der Waals surface area (Å²) in [6, 6.07) is 8.26. The topological polar surface area (TPSA) is 52.5 Å². The van der Waals surface area contributed by atoms with E-state index in [0.717, 1.165) is 0 Å². The molecule has 0 bridgehead atoms. The number of hydrogen-bond acceptors (Lipinski definition) is 3. The second-order valence-electron chi connectivity index (χ2n) is 4.97. The highest BCUT2D eigenvalue weighted by molar-refractivity contribution is 5.44. The summed E-state index contributed by atoms with van der Waals surface area (Å²) in [6.07, 6.45) is 0.193. The number of hydrogen-bond donors (Lipinski definition) is 3. The van der Waals surface area contributed by atoms with Crippen molar-refractivity contribution < 1.29 is 19.0 Å². The molecule has 0 aliphatic heterocycles. The monoisotopic (exact) mass is 293 g/mol. The Morgan fingerprint density at radius 1 is 1.05 bits per heavy atom. The second-order valence-corrected chi connectivity index (χ2v) is 4.97. The molecule has 0 saturated carbocycles. The van der Waals surface area contributed by atoms with Crippen molar-refractivity contribution in [2.24, 2.45) is 0 Å². The van der Waals surface area contributed by atoms with E-state index in [4.69, 9.17) is 0 Å². The van der Waals surface area contributed by atoms with Crippen LogP contribution in [0.3, 0.4) is 0 Å². The minimum atomic E-state index is -0.566. The largest absolute Gasteiger partial charge is 0.504 e. The average molecular weight is 293 g/mol. The molecular formula is C16H17F2NO2. The predicted molar refractivity (Wildman–Crippen MR) is 76.1 cm³/mol. The van der Waals surface area contributed by atoms with E-state index in [1.165, 1.54) is 24.3 Å². The summed E-state index contributed by atoms with van der Waals surface area (Å²) >= 11 is 0. The molecule has 1 atom stereocenters. The number of nitrogens with one attached hydrogen (secondary N) is 1. The Labute approximate surface area is 121 Å². The van der Waals surface area contributed by atoms with Gasteiger partial charge in [0, 0.05) is 23.7 Å². The zero-order valence-electron chi connectivity index (χ0n) is 11.6. The number of phenolic OH excluding ortho intramolecular Hbond substituents is 2. The molecule has 0 radical (unpaired) electrons. The van der Waals surface area contributed by atoms with E-state index in [-0.39, 0.29) is 36.1 Å². The number of benzene rings is 2. The Morgan fingerprint density at radius 2 is 1.67 bits per heavy atom. The average Bonchev–Trinajstić information content (AvgIpc) is 2.45. The Hall–Kier alpha value is -2.14. The molecular weight excluding hydrogens is 276 g/mol. The lowest BCUT2D eigenvalue weighted by atomic mass is 10.1. The molecule has 0 aliphatic rings.